The first-order valence-electron chi connectivity index (χ1n) is 6.19. The van der Waals surface area contributed by atoms with Crippen LogP contribution in [0.25, 0.3) is 0 Å². The molecule has 2 heteroatoms. The van der Waals surface area contributed by atoms with Crippen LogP contribution in [0.5, 0.6) is 5.75 Å². The maximum absolute atomic E-state index is 5.76. The second kappa shape index (κ2) is 6.85. The summed E-state index contributed by atoms with van der Waals surface area (Å²) in [5.74, 6) is 3.61. The number of anilines is 1. The second-order valence-electron chi connectivity index (χ2n) is 4.14. The summed E-state index contributed by atoms with van der Waals surface area (Å²) in [7, 11) is 0. The number of benzene rings is 1. The second-order valence-corrected chi connectivity index (χ2v) is 4.14. The van der Waals surface area contributed by atoms with Crippen LogP contribution >= 0.6 is 0 Å². The van der Waals surface area contributed by atoms with Gasteiger partial charge in [0.2, 0.25) is 0 Å². The van der Waals surface area contributed by atoms with E-state index < -0.39 is 0 Å². The van der Waals surface area contributed by atoms with Gasteiger partial charge in [0.15, 0.2) is 0 Å². The molecule has 0 heterocycles. The molecule has 0 fully saturated rings. The standard InChI is InChI=1S/C15H21NO/c1-5-12(4)17-15-10-8-9-14(11-15)16-13(6-2)7-3/h2,8-13,16H,5,7H2,1,3-4H3. The molecule has 0 aliphatic heterocycles. The van der Waals surface area contributed by atoms with Crippen molar-refractivity contribution in [2.75, 3.05) is 5.32 Å². The molecule has 1 aromatic rings. The molecule has 2 atom stereocenters. The van der Waals surface area contributed by atoms with Crippen LogP contribution in [0.3, 0.4) is 0 Å². The summed E-state index contributed by atoms with van der Waals surface area (Å²) in [4.78, 5) is 0. The van der Waals surface area contributed by atoms with Crippen molar-refractivity contribution < 1.29 is 4.74 Å². The molecule has 0 saturated heterocycles. The van der Waals surface area contributed by atoms with Crippen LogP contribution in [-0.2, 0) is 0 Å². The minimum absolute atomic E-state index is 0.0776. The normalized spacial score (nSPS) is 13.5. The fourth-order valence-electron chi connectivity index (χ4n) is 1.44. The summed E-state index contributed by atoms with van der Waals surface area (Å²) in [6.07, 6.45) is 7.57. The molecule has 0 aliphatic carbocycles. The Morgan fingerprint density at radius 2 is 2.12 bits per heavy atom. The van der Waals surface area contributed by atoms with Crippen LogP contribution in [0, 0.1) is 12.3 Å². The van der Waals surface area contributed by atoms with Gasteiger partial charge in [-0.1, -0.05) is 25.8 Å². The third-order valence-corrected chi connectivity index (χ3v) is 2.70. The molecule has 2 unspecified atom stereocenters. The number of hydrogen-bond acceptors (Lipinski definition) is 2. The SMILES string of the molecule is C#CC(CC)Nc1cccc(OC(C)CC)c1. The highest BCUT2D eigenvalue weighted by atomic mass is 16.5. The Bertz CT molecular complexity index is 381. The highest BCUT2D eigenvalue weighted by molar-refractivity contribution is 5.50. The van der Waals surface area contributed by atoms with Crippen molar-refractivity contribution in [2.45, 2.75) is 45.8 Å². The highest BCUT2D eigenvalue weighted by Gasteiger charge is 2.04. The zero-order chi connectivity index (χ0) is 12.7. The predicted molar refractivity (Wildman–Crippen MR) is 73.4 cm³/mol. The smallest absolute Gasteiger partial charge is 0.121 e. The first-order chi connectivity index (χ1) is 8.19. The lowest BCUT2D eigenvalue weighted by molar-refractivity contribution is 0.217. The Kier molecular flexibility index (Phi) is 5.42. The van der Waals surface area contributed by atoms with Gasteiger partial charge in [-0.2, -0.15) is 0 Å². The Morgan fingerprint density at radius 3 is 2.71 bits per heavy atom. The number of rotatable bonds is 6. The van der Waals surface area contributed by atoms with Gasteiger partial charge in [-0.25, -0.2) is 0 Å². The monoisotopic (exact) mass is 231 g/mol. The first kappa shape index (κ1) is 13.4. The number of hydrogen-bond donors (Lipinski definition) is 1. The molecule has 1 N–H and O–H groups in total. The van der Waals surface area contributed by atoms with Gasteiger partial charge in [0.25, 0.3) is 0 Å². The van der Waals surface area contributed by atoms with E-state index in [2.05, 4.69) is 32.0 Å². The van der Waals surface area contributed by atoms with E-state index in [1.807, 2.05) is 24.3 Å². The van der Waals surface area contributed by atoms with Crippen LogP contribution in [0.4, 0.5) is 5.69 Å². The van der Waals surface area contributed by atoms with E-state index in [9.17, 15) is 0 Å². The molecule has 0 amide bonds. The van der Waals surface area contributed by atoms with Crippen molar-refractivity contribution in [3.05, 3.63) is 24.3 Å². The first-order valence-corrected chi connectivity index (χ1v) is 6.19. The molecule has 0 spiro atoms. The quantitative estimate of drug-likeness (QED) is 0.754. The molecule has 0 aromatic heterocycles. The van der Waals surface area contributed by atoms with Crippen molar-refractivity contribution in [1.29, 1.82) is 0 Å². The zero-order valence-electron chi connectivity index (χ0n) is 10.9. The van der Waals surface area contributed by atoms with Gasteiger partial charge in [-0.15, -0.1) is 6.42 Å². The van der Waals surface area contributed by atoms with Crippen molar-refractivity contribution in [3.8, 4) is 18.1 Å². The minimum atomic E-state index is 0.0776. The number of nitrogens with one attached hydrogen (secondary N) is 1. The van der Waals surface area contributed by atoms with Crippen LogP contribution in [0.15, 0.2) is 24.3 Å². The van der Waals surface area contributed by atoms with Gasteiger partial charge in [0, 0.05) is 11.8 Å². The van der Waals surface area contributed by atoms with Crippen LogP contribution in [0.2, 0.25) is 0 Å². The molecular weight excluding hydrogens is 210 g/mol. The van der Waals surface area contributed by atoms with Gasteiger partial charge in [0.1, 0.15) is 5.75 Å². The van der Waals surface area contributed by atoms with Crippen LogP contribution < -0.4 is 10.1 Å². The molecule has 0 radical (unpaired) electrons. The largest absolute Gasteiger partial charge is 0.491 e. The lowest BCUT2D eigenvalue weighted by Gasteiger charge is -2.16. The minimum Gasteiger partial charge on any atom is -0.491 e. The van der Waals surface area contributed by atoms with Crippen LogP contribution in [-0.4, -0.2) is 12.1 Å². The highest BCUT2D eigenvalue weighted by Crippen LogP contribution is 2.20. The molecule has 17 heavy (non-hydrogen) atoms. The lowest BCUT2D eigenvalue weighted by Crippen LogP contribution is -2.16. The van der Waals surface area contributed by atoms with Crippen molar-refractivity contribution in [1.82, 2.24) is 0 Å². The van der Waals surface area contributed by atoms with E-state index in [-0.39, 0.29) is 12.1 Å². The fraction of sp³-hybridized carbons (Fsp3) is 0.467. The topological polar surface area (TPSA) is 21.3 Å². The average Bonchev–Trinajstić information content (AvgIpc) is 2.36. The molecule has 1 rings (SSSR count). The van der Waals surface area contributed by atoms with Crippen LogP contribution in [0.1, 0.15) is 33.6 Å². The maximum Gasteiger partial charge on any atom is 0.121 e. The van der Waals surface area contributed by atoms with Gasteiger partial charge in [-0.3, -0.25) is 0 Å². The third-order valence-electron chi connectivity index (χ3n) is 2.70. The van der Waals surface area contributed by atoms with E-state index in [0.29, 0.717) is 0 Å². The summed E-state index contributed by atoms with van der Waals surface area (Å²) in [5.41, 5.74) is 1.01. The Labute approximate surface area is 104 Å². The molecule has 2 nitrogen and oxygen atoms in total. The van der Waals surface area contributed by atoms with Gasteiger partial charge >= 0.3 is 0 Å². The third kappa shape index (κ3) is 4.40. The van der Waals surface area contributed by atoms with E-state index in [0.717, 1.165) is 24.3 Å². The molecule has 0 saturated carbocycles. The van der Waals surface area contributed by atoms with Crippen molar-refractivity contribution in [2.24, 2.45) is 0 Å². The van der Waals surface area contributed by atoms with Crippen molar-refractivity contribution in [3.63, 3.8) is 0 Å². The maximum atomic E-state index is 5.76. The molecular formula is C15H21NO. The van der Waals surface area contributed by atoms with E-state index >= 15 is 0 Å². The molecule has 0 bridgehead atoms. The number of terminal acetylenes is 1. The molecule has 0 aliphatic rings. The molecule has 92 valence electrons. The number of ether oxygens (including phenoxy) is 1. The predicted octanol–water partition coefficient (Wildman–Crippen LogP) is 3.69. The zero-order valence-corrected chi connectivity index (χ0v) is 10.9. The molecule has 1 aromatic carbocycles. The van der Waals surface area contributed by atoms with E-state index in [1.54, 1.807) is 0 Å². The summed E-state index contributed by atoms with van der Waals surface area (Å²) in [6.45, 7) is 6.24. The fourth-order valence-corrected chi connectivity index (χ4v) is 1.44. The van der Waals surface area contributed by atoms with E-state index in [1.165, 1.54) is 0 Å². The van der Waals surface area contributed by atoms with Gasteiger partial charge in [-0.05, 0) is 31.9 Å². The van der Waals surface area contributed by atoms with Crippen molar-refractivity contribution >= 4 is 5.69 Å². The average molecular weight is 231 g/mol. The summed E-state index contributed by atoms with van der Waals surface area (Å²) in [6, 6.07) is 8.02. The van der Waals surface area contributed by atoms with E-state index in [4.69, 9.17) is 11.2 Å². The summed E-state index contributed by atoms with van der Waals surface area (Å²) >= 11 is 0. The lowest BCUT2D eigenvalue weighted by atomic mass is 10.2. The Morgan fingerprint density at radius 1 is 1.35 bits per heavy atom. The Hall–Kier alpha value is -1.62. The summed E-state index contributed by atoms with van der Waals surface area (Å²) in [5, 5.41) is 3.29. The Balaban J connectivity index is 2.69. The van der Waals surface area contributed by atoms with Gasteiger partial charge in [0.05, 0.1) is 12.1 Å². The summed E-state index contributed by atoms with van der Waals surface area (Å²) < 4.78 is 5.76. The van der Waals surface area contributed by atoms with Gasteiger partial charge < -0.3 is 10.1 Å².